The zero-order valence-electron chi connectivity index (χ0n) is 15.8. The summed E-state index contributed by atoms with van der Waals surface area (Å²) in [7, 11) is 0. The first-order valence-electron chi connectivity index (χ1n) is 9.86. The van der Waals surface area contributed by atoms with Crippen LogP contribution in [-0.2, 0) is 15.9 Å². The van der Waals surface area contributed by atoms with Gasteiger partial charge in [0.05, 0.1) is 12.8 Å². The number of aromatic nitrogens is 4. The van der Waals surface area contributed by atoms with Gasteiger partial charge in [-0.1, -0.05) is 5.16 Å². The number of amides is 1. The summed E-state index contributed by atoms with van der Waals surface area (Å²) in [6.45, 7) is 3.60. The van der Waals surface area contributed by atoms with Crippen LogP contribution in [0.15, 0.2) is 23.1 Å². The number of rotatable bonds is 7. The number of carbonyl (C=O) groups excluding carboxylic acids is 1. The number of likely N-dealkylation sites (tertiary alicyclic amines) is 1. The minimum atomic E-state index is -0.209. The van der Waals surface area contributed by atoms with Crippen molar-refractivity contribution < 1.29 is 18.8 Å². The first kappa shape index (κ1) is 18.9. The van der Waals surface area contributed by atoms with Crippen molar-refractivity contribution in [3.8, 4) is 0 Å². The Morgan fingerprint density at radius 1 is 1.25 bits per heavy atom. The topological polar surface area (TPSA) is 103 Å². The van der Waals surface area contributed by atoms with Gasteiger partial charge in [0.25, 0.3) is 5.91 Å². The highest BCUT2D eigenvalue weighted by Crippen LogP contribution is 2.31. The van der Waals surface area contributed by atoms with E-state index in [0.717, 1.165) is 45.5 Å². The van der Waals surface area contributed by atoms with Gasteiger partial charge in [0.2, 0.25) is 5.89 Å². The van der Waals surface area contributed by atoms with Gasteiger partial charge in [-0.3, -0.25) is 9.78 Å². The molecule has 4 heterocycles. The van der Waals surface area contributed by atoms with Gasteiger partial charge in [0.1, 0.15) is 11.7 Å². The highest BCUT2D eigenvalue weighted by molar-refractivity contribution is 5.92. The summed E-state index contributed by atoms with van der Waals surface area (Å²) in [6, 6.07) is -0.209. The predicted molar refractivity (Wildman–Crippen MR) is 97.4 cm³/mol. The van der Waals surface area contributed by atoms with E-state index in [-0.39, 0.29) is 11.9 Å². The Bertz CT molecular complexity index is 763. The molecule has 0 radical (unpaired) electrons. The second-order valence-corrected chi connectivity index (χ2v) is 7.18. The van der Waals surface area contributed by atoms with Crippen molar-refractivity contribution in [2.24, 2.45) is 5.92 Å². The molecule has 4 rings (SSSR count). The van der Waals surface area contributed by atoms with Crippen LogP contribution in [-0.4, -0.2) is 63.9 Å². The maximum Gasteiger partial charge on any atom is 0.274 e. The molecule has 9 heteroatoms. The molecule has 1 amide bonds. The van der Waals surface area contributed by atoms with Crippen molar-refractivity contribution in [3.05, 3.63) is 36.0 Å². The summed E-state index contributed by atoms with van der Waals surface area (Å²) in [5.41, 5.74) is 0.329. The fourth-order valence-electron chi connectivity index (χ4n) is 3.65. The van der Waals surface area contributed by atoms with Gasteiger partial charge in [-0.05, 0) is 31.6 Å². The predicted octanol–water partition coefficient (Wildman–Crippen LogP) is 1.82. The molecule has 0 aromatic carbocycles. The molecule has 2 aromatic heterocycles. The van der Waals surface area contributed by atoms with E-state index in [1.165, 1.54) is 12.4 Å². The molecule has 1 unspecified atom stereocenters. The maximum absolute atomic E-state index is 12.7. The highest BCUT2D eigenvalue weighted by atomic mass is 16.5. The third-order valence-electron chi connectivity index (χ3n) is 5.23. The van der Waals surface area contributed by atoms with Crippen LogP contribution in [0.2, 0.25) is 0 Å². The molecule has 1 atom stereocenters. The lowest BCUT2D eigenvalue weighted by molar-refractivity contribution is 0.0211. The van der Waals surface area contributed by atoms with E-state index in [9.17, 15) is 4.79 Å². The molecule has 0 saturated carbocycles. The van der Waals surface area contributed by atoms with Crippen molar-refractivity contribution in [2.45, 2.75) is 38.1 Å². The zero-order valence-corrected chi connectivity index (χ0v) is 15.8. The minimum absolute atomic E-state index is 0.157. The van der Waals surface area contributed by atoms with Gasteiger partial charge in [-0.25, -0.2) is 4.98 Å². The van der Waals surface area contributed by atoms with Gasteiger partial charge in [0.15, 0.2) is 5.82 Å². The number of hydrogen-bond donors (Lipinski definition) is 0. The first-order chi connectivity index (χ1) is 13.8. The van der Waals surface area contributed by atoms with Crippen molar-refractivity contribution in [3.63, 3.8) is 0 Å². The van der Waals surface area contributed by atoms with Crippen LogP contribution in [0, 0.1) is 5.92 Å². The number of ether oxygens (including phenoxy) is 2. The second kappa shape index (κ2) is 9.20. The van der Waals surface area contributed by atoms with E-state index in [1.54, 1.807) is 11.1 Å². The van der Waals surface area contributed by atoms with Crippen molar-refractivity contribution >= 4 is 5.91 Å². The average Bonchev–Trinajstić information content (AvgIpc) is 3.41. The summed E-state index contributed by atoms with van der Waals surface area (Å²) in [5, 5.41) is 4.06. The van der Waals surface area contributed by atoms with Crippen molar-refractivity contribution in [2.75, 3.05) is 33.0 Å². The van der Waals surface area contributed by atoms with Gasteiger partial charge >= 0.3 is 0 Å². The van der Waals surface area contributed by atoms with Crippen molar-refractivity contribution in [1.29, 1.82) is 0 Å². The summed E-state index contributed by atoms with van der Waals surface area (Å²) in [6.07, 6.45) is 8.95. The van der Waals surface area contributed by atoms with E-state index in [2.05, 4.69) is 20.1 Å². The van der Waals surface area contributed by atoms with Gasteiger partial charge in [0, 0.05) is 45.2 Å². The lowest BCUT2D eigenvalue weighted by Crippen LogP contribution is -2.31. The third kappa shape index (κ3) is 4.53. The van der Waals surface area contributed by atoms with Crippen LogP contribution >= 0.6 is 0 Å². The molecule has 150 valence electrons. The molecule has 2 fully saturated rings. The summed E-state index contributed by atoms with van der Waals surface area (Å²) < 4.78 is 16.6. The van der Waals surface area contributed by atoms with Crippen molar-refractivity contribution in [1.82, 2.24) is 25.0 Å². The molecular formula is C19H25N5O4. The molecular weight excluding hydrogens is 362 g/mol. The molecule has 0 N–H and O–H groups in total. The standard InChI is InChI=1S/C19H25N5O4/c25-19(15-12-20-6-7-21-15)24-8-1-2-16(24)18-22-17(23-28-18)5-11-27-13-14-3-9-26-10-4-14/h6-7,12,14,16H,1-5,8-11,13H2. The molecule has 2 aliphatic heterocycles. The van der Waals surface area contributed by atoms with Crippen LogP contribution in [0.25, 0.3) is 0 Å². The van der Waals surface area contributed by atoms with Gasteiger partial charge < -0.3 is 18.9 Å². The van der Waals surface area contributed by atoms with Crippen LogP contribution in [0.1, 0.15) is 53.9 Å². The summed E-state index contributed by atoms with van der Waals surface area (Å²) >= 11 is 0. The van der Waals surface area contributed by atoms with E-state index < -0.39 is 0 Å². The van der Waals surface area contributed by atoms with Gasteiger partial charge in [-0.2, -0.15) is 4.98 Å². The highest BCUT2D eigenvalue weighted by Gasteiger charge is 2.35. The molecule has 9 nitrogen and oxygen atoms in total. The summed E-state index contributed by atoms with van der Waals surface area (Å²) in [4.78, 5) is 27.0. The Balaban J connectivity index is 1.29. The molecule has 2 aromatic rings. The molecule has 0 spiro atoms. The van der Waals surface area contributed by atoms with Crippen LogP contribution in [0.5, 0.6) is 0 Å². The average molecular weight is 387 g/mol. The third-order valence-corrected chi connectivity index (χ3v) is 5.23. The minimum Gasteiger partial charge on any atom is -0.381 e. The quantitative estimate of drug-likeness (QED) is 0.663. The lowest BCUT2D eigenvalue weighted by atomic mass is 10.0. The largest absolute Gasteiger partial charge is 0.381 e. The van der Waals surface area contributed by atoms with Crippen LogP contribution < -0.4 is 0 Å². The van der Waals surface area contributed by atoms with Crippen LogP contribution in [0.3, 0.4) is 0 Å². The maximum atomic E-state index is 12.7. The fourth-order valence-corrected chi connectivity index (χ4v) is 3.65. The fraction of sp³-hybridized carbons (Fsp3) is 0.632. The summed E-state index contributed by atoms with van der Waals surface area (Å²) in [5.74, 6) is 1.51. The normalized spacial score (nSPS) is 20.6. The van der Waals surface area contributed by atoms with E-state index >= 15 is 0 Å². The van der Waals surface area contributed by atoms with Crippen LogP contribution in [0.4, 0.5) is 0 Å². The molecule has 28 heavy (non-hydrogen) atoms. The molecule has 0 bridgehead atoms. The van der Waals surface area contributed by atoms with E-state index in [4.69, 9.17) is 14.0 Å². The first-order valence-corrected chi connectivity index (χ1v) is 9.86. The van der Waals surface area contributed by atoms with E-state index in [0.29, 0.717) is 42.9 Å². The number of hydrogen-bond acceptors (Lipinski definition) is 8. The second-order valence-electron chi connectivity index (χ2n) is 7.18. The Labute approximate surface area is 163 Å². The molecule has 0 aliphatic carbocycles. The Morgan fingerprint density at radius 3 is 2.96 bits per heavy atom. The lowest BCUT2D eigenvalue weighted by Gasteiger charge is -2.21. The van der Waals surface area contributed by atoms with Gasteiger partial charge in [-0.15, -0.1) is 0 Å². The monoisotopic (exact) mass is 387 g/mol. The Morgan fingerprint density at radius 2 is 2.14 bits per heavy atom. The molecule has 2 saturated heterocycles. The smallest absolute Gasteiger partial charge is 0.274 e. The molecule has 2 aliphatic rings. The number of nitrogens with zero attached hydrogens (tertiary/aromatic N) is 5. The Kier molecular flexibility index (Phi) is 6.23. The van der Waals surface area contributed by atoms with E-state index in [1.807, 2.05) is 0 Å². The zero-order chi connectivity index (χ0) is 19.2. The number of carbonyl (C=O) groups is 1. The SMILES string of the molecule is O=C(c1cnccn1)N1CCCC1c1nc(CCOCC2CCOCC2)no1. The Hall–Kier alpha value is -2.39.